The monoisotopic (exact) mass is 464 g/mol. The Morgan fingerprint density at radius 2 is 1.35 bits per heavy atom. The van der Waals surface area contributed by atoms with Crippen molar-refractivity contribution in [3.05, 3.63) is 107 Å². The van der Waals surface area contributed by atoms with Crippen LogP contribution >= 0.6 is 0 Å². The van der Waals surface area contributed by atoms with E-state index in [0.717, 1.165) is 31.2 Å². The fraction of sp³-hybridized carbons (Fsp3) is 0.267. The Balaban J connectivity index is 1.55. The summed E-state index contributed by atoms with van der Waals surface area (Å²) in [7, 11) is 0. The molecule has 0 aliphatic heterocycles. The molecule has 0 aliphatic rings. The van der Waals surface area contributed by atoms with Crippen molar-refractivity contribution in [3.63, 3.8) is 0 Å². The third-order valence-corrected chi connectivity index (χ3v) is 6.34. The van der Waals surface area contributed by atoms with Crippen LogP contribution in [0.25, 0.3) is 21.9 Å². The van der Waals surface area contributed by atoms with Crippen molar-refractivity contribution in [2.45, 2.75) is 51.9 Å². The highest BCUT2D eigenvalue weighted by atomic mass is 19.1. The van der Waals surface area contributed by atoms with Gasteiger partial charge in [0, 0.05) is 5.39 Å². The van der Waals surface area contributed by atoms with Crippen LogP contribution in [0.15, 0.2) is 66.7 Å². The molecule has 4 heteroatoms. The standard InChI is InChI=1S/C30H28F4/c1-2-3-4-5-6-21-17-27(32)29(28(33)18-21)24-13-16-26-23(19-24)12-11-22(30(26)34)10-7-20-8-14-25(31)15-9-20/h8-9,11-19H,2-7,10H2,1H3. The summed E-state index contributed by atoms with van der Waals surface area (Å²) in [5.41, 5.74) is 2.44. The maximum atomic E-state index is 15.1. The van der Waals surface area contributed by atoms with Crippen LogP contribution in [0.5, 0.6) is 0 Å². The molecule has 0 bridgehead atoms. The van der Waals surface area contributed by atoms with E-state index in [9.17, 15) is 13.2 Å². The Morgan fingerprint density at radius 3 is 2.06 bits per heavy atom. The van der Waals surface area contributed by atoms with E-state index < -0.39 is 11.6 Å². The van der Waals surface area contributed by atoms with Crippen molar-refractivity contribution in [1.82, 2.24) is 0 Å². The van der Waals surface area contributed by atoms with E-state index >= 15 is 4.39 Å². The molecule has 0 N–H and O–H groups in total. The second kappa shape index (κ2) is 10.9. The van der Waals surface area contributed by atoms with E-state index in [4.69, 9.17) is 0 Å². The molecular weight excluding hydrogens is 436 g/mol. The molecular formula is C30H28F4. The lowest BCUT2D eigenvalue weighted by Gasteiger charge is -2.11. The van der Waals surface area contributed by atoms with Gasteiger partial charge < -0.3 is 0 Å². The molecule has 0 nitrogen and oxygen atoms in total. The number of rotatable bonds is 9. The molecule has 4 aromatic carbocycles. The molecule has 34 heavy (non-hydrogen) atoms. The predicted molar refractivity (Wildman–Crippen MR) is 131 cm³/mol. The zero-order chi connectivity index (χ0) is 24.1. The lowest BCUT2D eigenvalue weighted by Crippen LogP contribution is -1.97. The van der Waals surface area contributed by atoms with Gasteiger partial charge in [0.2, 0.25) is 0 Å². The predicted octanol–water partition coefficient (Wildman–Crippen LogP) is 8.97. The Hall–Kier alpha value is -3.14. The smallest absolute Gasteiger partial charge is 0.134 e. The molecule has 4 aromatic rings. The van der Waals surface area contributed by atoms with Crippen LogP contribution in [0.3, 0.4) is 0 Å². The fourth-order valence-corrected chi connectivity index (χ4v) is 4.42. The van der Waals surface area contributed by atoms with Crippen LogP contribution in [-0.4, -0.2) is 0 Å². The normalized spacial score (nSPS) is 11.3. The summed E-state index contributed by atoms with van der Waals surface area (Å²) in [5.74, 6) is -1.83. The molecule has 0 spiro atoms. The summed E-state index contributed by atoms with van der Waals surface area (Å²) >= 11 is 0. The van der Waals surface area contributed by atoms with Gasteiger partial charge in [0.25, 0.3) is 0 Å². The maximum absolute atomic E-state index is 15.1. The number of unbranched alkanes of at least 4 members (excludes halogenated alkanes) is 3. The first-order valence-corrected chi connectivity index (χ1v) is 11.9. The van der Waals surface area contributed by atoms with Crippen LogP contribution in [0, 0.1) is 23.3 Å². The molecule has 0 atom stereocenters. The first-order valence-electron chi connectivity index (χ1n) is 11.9. The molecule has 0 amide bonds. The second-order valence-corrected chi connectivity index (χ2v) is 8.85. The van der Waals surface area contributed by atoms with Crippen molar-refractivity contribution in [1.29, 1.82) is 0 Å². The summed E-state index contributed by atoms with van der Waals surface area (Å²) in [5, 5.41) is 0.997. The topological polar surface area (TPSA) is 0 Å². The zero-order valence-electron chi connectivity index (χ0n) is 19.3. The molecule has 4 rings (SSSR count). The first-order chi connectivity index (χ1) is 16.5. The highest BCUT2D eigenvalue weighted by Gasteiger charge is 2.15. The maximum Gasteiger partial charge on any atom is 0.134 e. The van der Waals surface area contributed by atoms with Gasteiger partial charge >= 0.3 is 0 Å². The number of fused-ring (bicyclic) bond motifs is 1. The highest BCUT2D eigenvalue weighted by molar-refractivity contribution is 5.88. The highest BCUT2D eigenvalue weighted by Crippen LogP contribution is 2.32. The lowest BCUT2D eigenvalue weighted by atomic mass is 9.95. The van der Waals surface area contributed by atoms with Gasteiger partial charge in [0.15, 0.2) is 0 Å². The summed E-state index contributed by atoms with van der Waals surface area (Å²) in [6, 6.07) is 17.3. The van der Waals surface area contributed by atoms with E-state index in [1.165, 1.54) is 24.3 Å². The van der Waals surface area contributed by atoms with Gasteiger partial charge in [-0.1, -0.05) is 62.6 Å². The van der Waals surface area contributed by atoms with Gasteiger partial charge in [0.05, 0.1) is 5.56 Å². The SMILES string of the molecule is CCCCCCc1cc(F)c(-c2ccc3c(F)c(CCc4ccc(F)cc4)ccc3c2)c(F)c1. The van der Waals surface area contributed by atoms with Gasteiger partial charge in [-0.15, -0.1) is 0 Å². The van der Waals surface area contributed by atoms with Crippen molar-refractivity contribution < 1.29 is 17.6 Å². The van der Waals surface area contributed by atoms with E-state index in [0.29, 0.717) is 46.7 Å². The van der Waals surface area contributed by atoms with Gasteiger partial charge in [-0.25, -0.2) is 17.6 Å². The van der Waals surface area contributed by atoms with Crippen molar-refractivity contribution in [3.8, 4) is 11.1 Å². The van der Waals surface area contributed by atoms with E-state index in [1.54, 1.807) is 42.5 Å². The minimum atomic E-state index is -0.596. The van der Waals surface area contributed by atoms with Crippen LogP contribution < -0.4 is 0 Å². The van der Waals surface area contributed by atoms with Gasteiger partial charge in [0.1, 0.15) is 23.3 Å². The summed E-state index contributed by atoms with van der Waals surface area (Å²) < 4.78 is 58.0. The molecule has 0 radical (unpaired) electrons. The molecule has 0 aliphatic carbocycles. The average Bonchev–Trinajstić information content (AvgIpc) is 2.82. The van der Waals surface area contributed by atoms with Crippen molar-refractivity contribution in [2.75, 3.05) is 0 Å². The number of benzene rings is 4. The van der Waals surface area contributed by atoms with E-state index in [-0.39, 0.29) is 17.2 Å². The second-order valence-electron chi connectivity index (χ2n) is 8.85. The summed E-state index contributed by atoms with van der Waals surface area (Å²) in [6.45, 7) is 2.12. The van der Waals surface area contributed by atoms with Crippen molar-refractivity contribution in [2.24, 2.45) is 0 Å². The Kier molecular flexibility index (Phi) is 7.66. The number of halogens is 4. The molecule has 176 valence electrons. The van der Waals surface area contributed by atoms with Gasteiger partial charge in [-0.05, 0) is 83.7 Å². The quantitative estimate of drug-likeness (QED) is 0.171. The van der Waals surface area contributed by atoms with E-state index in [2.05, 4.69) is 6.92 Å². The number of aryl methyl sites for hydroxylation is 3. The lowest BCUT2D eigenvalue weighted by molar-refractivity contribution is 0.582. The molecule has 0 aromatic heterocycles. The average molecular weight is 465 g/mol. The third kappa shape index (κ3) is 5.49. The minimum Gasteiger partial charge on any atom is -0.207 e. The molecule has 0 heterocycles. The summed E-state index contributed by atoms with van der Waals surface area (Å²) in [6.07, 6.45) is 5.89. The van der Waals surface area contributed by atoms with Gasteiger partial charge in [-0.3, -0.25) is 0 Å². The minimum absolute atomic E-state index is 0.0833. The number of hydrogen-bond donors (Lipinski definition) is 0. The van der Waals surface area contributed by atoms with Crippen LogP contribution in [0.1, 0.15) is 49.3 Å². The Labute approximate surface area is 198 Å². The van der Waals surface area contributed by atoms with Crippen LogP contribution in [-0.2, 0) is 19.3 Å². The van der Waals surface area contributed by atoms with Crippen LogP contribution in [0.2, 0.25) is 0 Å². The molecule has 0 fully saturated rings. The van der Waals surface area contributed by atoms with Crippen LogP contribution in [0.4, 0.5) is 17.6 Å². The van der Waals surface area contributed by atoms with E-state index in [1.807, 2.05) is 0 Å². The molecule has 0 saturated carbocycles. The first kappa shape index (κ1) is 24.0. The molecule has 0 unspecified atom stereocenters. The fourth-order valence-electron chi connectivity index (χ4n) is 4.42. The van der Waals surface area contributed by atoms with Crippen molar-refractivity contribution >= 4 is 10.8 Å². The Bertz CT molecular complexity index is 1250. The number of hydrogen-bond acceptors (Lipinski definition) is 0. The third-order valence-electron chi connectivity index (χ3n) is 6.34. The zero-order valence-corrected chi connectivity index (χ0v) is 19.3. The Morgan fingerprint density at radius 1 is 0.618 bits per heavy atom. The largest absolute Gasteiger partial charge is 0.207 e. The van der Waals surface area contributed by atoms with Gasteiger partial charge in [-0.2, -0.15) is 0 Å². The summed E-state index contributed by atoms with van der Waals surface area (Å²) in [4.78, 5) is 0. The molecule has 0 saturated heterocycles.